The van der Waals surface area contributed by atoms with Crippen molar-refractivity contribution in [2.45, 2.75) is 6.36 Å². The molecule has 0 saturated carbocycles. The van der Waals surface area contributed by atoms with Gasteiger partial charge in [0.15, 0.2) is 16.7 Å². The molecule has 12 aromatic rings. The van der Waals surface area contributed by atoms with E-state index in [9.17, 15) is 36.3 Å². The third kappa shape index (κ3) is 11.7. The number of aromatic nitrogens is 3. The maximum absolute atomic E-state index is 13.1. The summed E-state index contributed by atoms with van der Waals surface area (Å²) in [6.45, 7) is 0. The van der Waals surface area contributed by atoms with Gasteiger partial charge in [-0.15, -0.1) is 13.2 Å². The number of halogens is 5. The standard InChI is InChI=1S/C21H12F3NO4.2C20H12FNO3/c22-21(23,24)28-16-7-4-12(5-8-16)13-6-9-17-18(11-13)29-25-19(17)14-2-1-3-15(10-14)20(26)27;21-16-8-5-12(6-9-16)15-7-10-17-18(11-15)25-22-19(17)13-1-3-14(4-2-13)20(23)24;21-16-7-4-12(5-8-16)13-6-9-17-18(11-13)25-22-19(17)14-2-1-3-15(10-14)20(23)24/h1-11H,(H,26,27);2*1-11H,(H,23,24). The molecular weight excluding hydrogens is 1030 g/mol. The van der Waals surface area contributed by atoms with Gasteiger partial charge < -0.3 is 33.6 Å². The maximum Gasteiger partial charge on any atom is 0.573 e. The summed E-state index contributed by atoms with van der Waals surface area (Å²) in [5.74, 6) is -3.88. The van der Waals surface area contributed by atoms with E-state index in [1.54, 1.807) is 84.9 Å². The van der Waals surface area contributed by atoms with Gasteiger partial charge in [0.2, 0.25) is 0 Å². The van der Waals surface area contributed by atoms with Crippen molar-refractivity contribution >= 4 is 50.8 Å². The third-order valence-corrected chi connectivity index (χ3v) is 12.4. The molecule has 3 heterocycles. The highest BCUT2D eigenvalue weighted by Gasteiger charge is 2.31. The van der Waals surface area contributed by atoms with Crippen molar-refractivity contribution in [2.24, 2.45) is 0 Å². The summed E-state index contributed by atoms with van der Waals surface area (Å²) in [6.07, 6.45) is -4.74. The van der Waals surface area contributed by atoms with Gasteiger partial charge in [0.1, 0.15) is 34.5 Å². The average Bonchev–Trinajstić information content (AvgIpc) is 4.31. The summed E-state index contributed by atoms with van der Waals surface area (Å²) in [5, 5.41) is 41.8. The second-order valence-corrected chi connectivity index (χ2v) is 17.5. The van der Waals surface area contributed by atoms with Crippen LogP contribution < -0.4 is 4.74 Å². The number of aromatic carboxylic acids is 3. The van der Waals surface area contributed by atoms with Crippen molar-refractivity contribution in [3.05, 3.63) is 229 Å². The Hall–Kier alpha value is -10.8. The number of hydrogen-bond donors (Lipinski definition) is 3. The van der Waals surface area contributed by atoms with Gasteiger partial charge in [-0.2, -0.15) is 0 Å². The predicted molar refractivity (Wildman–Crippen MR) is 282 cm³/mol. The van der Waals surface area contributed by atoms with Crippen LogP contribution in [-0.2, 0) is 0 Å². The van der Waals surface area contributed by atoms with Crippen LogP contribution in [0.1, 0.15) is 31.1 Å². The molecule has 13 nitrogen and oxygen atoms in total. The number of nitrogens with zero attached hydrogens (tertiary/aromatic N) is 3. The zero-order chi connectivity index (χ0) is 55.4. The van der Waals surface area contributed by atoms with Crippen LogP contribution in [0.2, 0.25) is 0 Å². The maximum atomic E-state index is 13.1. The predicted octanol–water partition coefficient (Wildman–Crippen LogP) is 15.8. The van der Waals surface area contributed by atoms with Crippen LogP contribution in [0.25, 0.3) is 100 Å². The molecule has 9 aromatic carbocycles. The van der Waals surface area contributed by atoms with Crippen molar-refractivity contribution in [3.63, 3.8) is 0 Å². The largest absolute Gasteiger partial charge is 0.573 e. The second kappa shape index (κ2) is 21.8. The lowest BCUT2D eigenvalue weighted by atomic mass is 10.0. The number of benzene rings is 9. The highest BCUT2D eigenvalue weighted by Crippen LogP contribution is 2.36. The molecule has 18 heteroatoms. The van der Waals surface area contributed by atoms with Crippen LogP contribution in [0, 0.1) is 11.6 Å². The van der Waals surface area contributed by atoms with Crippen LogP contribution in [-0.4, -0.2) is 55.1 Å². The summed E-state index contributed by atoms with van der Waals surface area (Å²) in [6, 6.07) is 53.8. The zero-order valence-electron chi connectivity index (χ0n) is 40.5. The minimum atomic E-state index is -4.74. The van der Waals surface area contributed by atoms with Crippen molar-refractivity contribution in [1.82, 2.24) is 15.5 Å². The Morgan fingerprint density at radius 3 is 1.05 bits per heavy atom. The van der Waals surface area contributed by atoms with Gasteiger partial charge in [0.25, 0.3) is 0 Å². The zero-order valence-corrected chi connectivity index (χ0v) is 40.5. The number of ether oxygens (including phenoxy) is 1. The number of rotatable bonds is 10. The lowest BCUT2D eigenvalue weighted by Gasteiger charge is -2.09. The Kier molecular flexibility index (Phi) is 14.3. The summed E-state index contributed by atoms with van der Waals surface area (Å²) >= 11 is 0. The molecule has 0 aliphatic carbocycles. The molecule has 0 saturated heterocycles. The van der Waals surface area contributed by atoms with Crippen LogP contribution >= 0.6 is 0 Å². The molecule has 0 spiro atoms. The van der Waals surface area contributed by atoms with E-state index in [4.69, 9.17) is 28.9 Å². The molecule has 0 aliphatic heterocycles. The smallest absolute Gasteiger partial charge is 0.478 e. The van der Waals surface area contributed by atoms with Gasteiger partial charge in [-0.1, -0.05) is 106 Å². The number of fused-ring (bicyclic) bond motifs is 3. The highest BCUT2D eigenvalue weighted by molar-refractivity contribution is 5.98. The number of hydrogen-bond acceptors (Lipinski definition) is 10. The lowest BCUT2D eigenvalue weighted by Crippen LogP contribution is -2.16. The summed E-state index contributed by atoms with van der Waals surface area (Å²) in [4.78, 5) is 33.3. The van der Waals surface area contributed by atoms with Gasteiger partial charge in [-0.25, -0.2) is 23.2 Å². The Balaban J connectivity index is 0.000000134. The third-order valence-electron chi connectivity index (χ3n) is 12.4. The van der Waals surface area contributed by atoms with E-state index < -0.39 is 24.3 Å². The quantitative estimate of drug-likeness (QED) is 0.109. The van der Waals surface area contributed by atoms with Crippen LogP contribution in [0.5, 0.6) is 5.75 Å². The van der Waals surface area contributed by atoms with E-state index in [0.717, 1.165) is 44.2 Å². The summed E-state index contributed by atoms with van der Waals surface area (Å²) in [5.41, 5.74) is 10.9. The van der Waals surface area contributed by atoms with Crippen molar-refractivity contribution < 1.29 is 70.0 Å². The van der Waals surface area contributed by atoms with Crippen molar-refractivity contribution in [3.8, 4) is 72.9 Å². The van der Waals surface area contributed by atoms with Crippen LogP contribution in [0.3, 0.4) is 0 Å². The molecule has 12 rings (SSSR count). The first-order valence-electron chi connectivity index (χ1n) is 23.6. The number of carboxylic acids is 3. The minimum absolute atomic E-state index is 0.136. The van der Waals surface area contributed by atoms with E-state index in [0.29, 0.717) is 55.9 Å². The second-order valence-electron chi connectivity index (χ2n) is 17.5. The Bertz CT molecular complexity index is 4210. The molecular formula is C61H36F5N3O10. The first kappa shape index (κ1) is 51.7. The van der Waals surface area contributed by atoms with E-state index in [2.05, 4.69) is 20.2 Å². The van der Waals surface area contributed by atoms with Gasteiger partial charge in [0, 0.05) is 32.8 Å². The van der Waals surface area contributed by atoms with Crippen LogP contribution in [0.4, 0.5) is 22.0 Å². The SMILES string of the molecule is O=C(O)c1ccc(-c2noc3cc(-c4ccc(F)cc4)ccc23)cc1.O=C(O)c1cccc(-c2noc3cc(-c4ccc(F)cc4)ccc23)c1.O=C(O)c1cccc(-c2noc3cc(-c4ccc(OC(F)(F)F)cc4)ccc23)c1. The monoisotopic (exact) mass is 1070 g/mol. The molecule has 0 radical (unpaired) electrons. The number of carbonyl (C=O) groups is 3. The average molecular weight is 1070 g/mol. The Morgan fingerprint density at radius 1 is 0.367 bits per heavy atom. The molecule has 0 bridgehead atoms. The topological polar surface area (TPSA) is 199 Å². The molecule has 3 N–H and O–H groups in total. The summed E-state index contributed by atoms with van der Waals surface area (Å²) in [7, 11) is 0. The van der Waals surface area contributed by atoms with Gasteiger partial charge in [-0.3, -0.25) is 0 Å². The molecule has 0 aliphatic rings. The molecule has 0 unspecified atom stereocenters. The Labute approximate surface area is 442 Å². The molecule has 0 fully saturated rings. The van der Waals surface area contributed by atoms with E-state index in [1.165, 1.54) is 78.9 Å². The van der Waals surface area contributed by atoms with E-state index in [1.807, 2.05) is 36.4 Å². The fourth-order valence-corrected chi connectivity index (χ4v) is 8.48. The Morgan fingerprint density at radius 2 is 0.696 bits per heavy atom. The van der Waals surface area contributed by atoms with Crippen molar-refractivity contribution in [2.75, 3.05) is 0 Å². The fraction of sp³-hybridized carbons (Fsp3) is 0.0164. The number of alkyl halides is 3. The summed E-state index contributed by atoms with van der Waals surface area (Å²) < 4.78 is 83.1. The number of carboxylic acid groups (broad SMARTS) is 3. The minimum Gasteiger partial charge on any atom is -0.478 e. The first-order valence-corrected chi connectivity index (χ1v) is 23.6. The normalized spacial score (nSPS) is 11.2. The molecule has 0 atom stereocenters. The van der Waals surface area contributed by atoms with Crippen LogP contribution in [0.15, 0.2) is 214 Å². The van der Waals surface area contributed by atoms with E-state index >= 15 is 0 Å². The molecule has 0 amide bonds. The van der Waals surface area contributed by atoms with Gasteiger partial charge in [0.05, 0.1) is 16.7 Å². The molecule has 79 heavy (non-hydrogen) atoms. The first-order chi connectivity index (χ1) is 38.0. The van der Waals surface area contributed by atoms with Gasteiger partial charge in [-0.05, 0) is 143 Å². The lowest BCUT2D eigenvalue weighted by molar-refractivity contribution is -0.274. The van der Waals surface area contributed by atoms with Crippen molar-refractivity contribution in [1.29, 1.82) is 0 Å². The van der Waals surface area contributed by atoms with E-state index in [-0.39, 0.29) is 34.1 Å². The molecule has 3 aromatic heterocycles. The highest BCUT2D eigenvalue weighted by atomic mass is 19.4. The fourth-order valence-electron chi connectivity index (χ4n) is 8.48. The molecule has 390 valence electrons. The van der Waals surface area contributed by atoms with Gasteiger partial charge >= 0.3 is 24.3 Å².